The van der Waals surface area contributed by atoms with E-state index in [1.165, 1.54) is 0 Å². The van der Waals surface area contributed by atoms with Gasteiger partial charge in [-0.1, -0.05) is 24.3 Å². The molecule has 24 heavy (non-hydrogen) atoms. The number of fused-ring (bicyclic) bond motifs is 1. The van der Waals surface area contributed by atoms with E-state index >= 15 is 0 Å². The molecular formula is C16H21N5O2S. The molecule has 0 unspecified atom stereocenters. The van der Waals surface area contributed by atoms with Crippen molar-refractivity contribution in [3.8, 4) is 0 Å². The molecule has 1 aliphatic heterocycles. The molecule has 1 fully saturated rings. The van der Waals surface area contributed by atoms with Gasteiger partial charge >= 0.3 is 0 Å². The van der Waals surface area contributed by atoms with Crippen molar-refractivity contribution in [2.45, 2.75) is 38.9 Å². The van der Waals surface area contributed by atoms with Gasteiger partial charge in [-0.25, -0.2) is 4.68 Å². The summed E-state index contributed by atoms with van der Waals surface area (Å²) < 4.78 is 1.59. The fraction of sp³-hybridized carbons (Fsp3) is 0.500. The van der Waals surface area contributed by atoms with Gasteiger partial charge in [0.1, 0.15) is 18.1 Å². The van der Waals surface area contributed by atoms with Crippen molar-refractivity contribution in [1.29, 1.82) is 0 Å². The van der Waals surface area contributed by atoms with Crippen LogP contribution < -0.4 is 5.32 Å². The maximum atomic E-state index is 12.7. The van der Waals surface area contributed by atoms with E-state index in [1.807, 2.05) is 38.1 Å². The molecule has 1 aromatic heterocycles. The molecule has 1 N–H and O–H groups in total. The highest BCUT2D eigenvalue weighted by Crippen LogP contribution is 2.22. The van der Waals surface area contributed by atoms with Crippen LogP contribution in [0.2, 0.25) is 0 Å². The first-order chi connectivity index (χ1) is 11.6. The molecule has 1 aliphatic rings. The highest BCUT2D eigenvalue weighted by molar-refractivity contribution is 7.99. The lowest BCUT2D eigenvalue weighted by Gasteiger charge is -2.24. The molecule has 7 nitrogen and oxygen atoms in total. The molecule has 0 radical (unpaired) electrons. The van der Waals surface area contributed by atoms with E-state index in [0.717, 1.165) is 17.5 Å². The van der Waals surface area contributed by atoms with Gasteiger partial charge in [0.15, 0.2) is 0 Å². The van der Waals surface area contributed by atoms with Crippen LogP contribution in [0, 0.1) is 0 Å². The molecule has 2 heterocycles. The number of aromatic nitrogens is 3. The largest absolute Gasteiger partial charge is 0.352 e. The smallest absolute Gasteiger partial charge is 0.245 e. The van der Waals surface area contributed by atoms with E-state index in [0.29, 0.717) is 11.6 Å². The predicted molar refractivity (Wildman–Crippen MR) is 93.4 cm³/mol. The molecule has 8 heteroatoms. The van der Waals surface area contributed by atoms with Crippen LogP contribution in [-0.4, -0.2) is 55.4 Å². The Labute approximate surface area is 144 Å². The monoisotopic (exact) mass is 347 g/mol. The van der Waals surface area contributed by atoms with Crippen molar-refractivity contribution in [2.75, 3.05) is 11.6 Å². The Hall–Kier alpha value is -2.09. The van der Waals surface area contributed by atoms with Crippen LogP contribution in [-0.2, 0) is 16.1 Å². The van der Waals surface area contributed by atoms with E-state index in [2.05, 4.69) is 15.6 Å². The average Bonchev–Trinajstić information content (AvgIpc) is 3.22. The van der Waals surface area contributed by atoms with Crippen molar-refractivity contribution in [1.82, 2.24) is 25.2 Å². The molecule has 128 valence electrons. The number of hydrogen-bond donors (Lipinski definition) is 1. The summed E-state index contributed by atoms with van der Waals surface area (Å²) in [6, 6.07) is 7.22. The average molecular weight is 347 g/mol. The summed E-state index contributed by atoms with van der Waals surface area (Å²) in [5.74, 6) is 0.974. The lowest BCUT2D eigenvalue weighted by Crippen LogP contribution is -2.50. The molecule has 0 bridgehead atoms. The number of nitrogens with one attached hydrogen (secondary N) is 1. The van der Waals surface area contributed by atoms with Crippen LogP contribution in [0.25, 0.3) is 11.0 Å². The third kappa shape index (κ3) is 3.38. The fourth-order valence-corrected chi connectivity index (χ4v) is 3.78. The summed E-state index contributed by atoms with van der Waals surface area (Å²) in [5, 5.41) is 11.1. The minimum atomic E-state index is -0.411. The van der Waals surface area contributed by atoms with Gasteiger partial charge < -0.3 is 10.2 Å². The summed E-state index contributed by atoms with van der Waals surface area (Å²) in [7, 11) is 0. The number of hydrogen-bond acceptors (Lipinski definition) is 5. The van der Waals surface area contributed by atoms with Crippen molar-refractivity contribution in [3.63, 3.8) is 0 Å². The Kier molecular flexibility index (Phi) is 5.03. The summed E-state index contributed by atoms with van der Waals surface area (Å²) >= 11 is 1.60. The van der Waals surface area contributed by atoms with Crippen LogP contribution in [0.3, 0.4) is 0 Å². The lowest BCUT2D eigenvalue weighted by molar-refractivity contribution is -0.138. The van der Waals surface area contributed by atoms with Crippen LogP contribution >= 0.6 is 11.8 Å². The Morgan fingerprint density at radius 1 is 1.42 bits per heavy atom. The number of para-hydroxylation sites is 1. The summed E-state index contributed by atoms with van der Waals surface area (Å²) in [6.45, 7) is 4.08. The minimum Gasteiger partial charge on any atom is -0.352 e. The number of carbonyl (C=O) groups is 2. The lowest BCUT2D eigenvalue weighted by atomic mass is 10.2. The summed E-state index contributed by atoms with van der Waals surface area (Å²) in [5.41, 5.74) is 1.57. The molecule has 2 aromatic rings. The second-order valence-corrected chi connectivity index (χ2v) is 6.93. The van der Waals surface area contributed by atoms with E-state index in [-0.39, 0.29) is 24.4 Å². The molecule has 3 rings (SSSR count). The van der Waals surface area contributed by atoms with Crippen LogP contribution in [0.4, 0.5) is 0 Å². The fourth-order valence-electron chi connectivity index (χ4n) is 2.60. The topological polar surface area (TPSA) is 80.1 Å². The maximum absolute atomic E-state index is 12.7. The number of rotatable bonds is 5. The minimum absolute atomic E-state index is 0.0776. The summed E-state index contributed by atoms with van der Waals surface area (Å²) in [6.07, 6.45) is 0.866. The molecule has 0 aliphatic carbocycles. The van der Waals surface area contributed by atoms with Gasteiger partial charge in [0, 0.05) is 11.8 Å². The molecule has 2 amide bonds. The Morgan fingerprint density at radius 3 is 3.00 bits per heavy atom. The molecule has 1 aromatic carbocycles. The normalized spacial score (nSPS) is 18.8. The third-order valence-corrected chi connectivity index (χ3v) is 5.22. The molecular weight excluding hydrogens is 326 g/mol. The first kappa shape index (κ1) is 16.8. The second-order valence-electron chi connectivity index (χ2n) is 5.93. The molecule has 2 atom stereocenters. The van der Waals surface area contributed by atoms with Gasteiger partial charge in [-0.15, -0.1) is 16.9 Å². The SMILES string of the molecule is CC[C@H](C)NC(=O)[C@@H]1CSCN1C(=O)Cn1nnc2ccccc21. The van der Waals surface area contributed by atoms with Crippen LogP contribution in [0.15, 0.2) is 24.3 Å². The van der Waals surface area contributed by atoms with Crippen molar-refractivity contribution in [2.24, 2.45) is 0 Å². The van der Waals surface area contributed by atoms with Crippen LogP contribution in [0.1, 0.15) is 20.3 Å². The standard InChI is InChI=1S/C16H21N5O2S/c1-3-11(2)17-16(23)14-9-24-10-20(14)15(22)8-21-13-7-5-4-6-12(13)18-19-21/h4-7,11,14H,3,8-10H2,1-2H3,(H,17,23)/t11-,14-/m0/s1. The number of carbonyl (C=O) groups excluding carboxylic acids is 2. The molecule has 0 spiro atoms. The Bertz CT molecular complexity index is 747. The maximum Gasteiger partial charge on any atom is 0.245 e. The predicted octanol–water partition coefficient (Wildman–Crippen LogP) is 1.25. The quantitative estimate of drug-likeness (QED) is 0.880. The zero-order chi connectivity index (χ0) is 17.1. The number of benzene rings is 1. The first-order valence-corrected chi connectivity index (χ1v) is 9.21. The van der Waals surface area contributed by atoms with Crippen LogP contribution in [0.5, 0.6) is 0 Å². The van der Waals surface area contributed by atoms with Gasteiger partial charge in [-0.2, -0.15) is 0 Å². The summed E-state index contributed by atoms with van der Waals surface area (Å²) in [4.78, 5) is 26.7. The van der Waals surface area contributed by atoms with E-state index in [9.17, 15) is 9.59 Å². The number of nitrogens with zero attached hydrogens (tertiary/aromatic N) is 4. The molecule has 1 saturated heterocycles. The Morgan fingerprint density at radius 2 is 2.21 bits per heavy atom. The van der Waals surface area contributed by atoms with Gasteiger partial charge in [-0.05, 0) is 25.5 Å². The van der Waals surface area contributed by atoms with Gasteiger partial charge in [0.2, 0.25) is 11.8 Å². The van der Waals surface area contributed by atoms with Gasteiger partial charge in [0.05, 0.1) is 11.4 Å². The zero-order valence-electron chi connectivity index (χ0n) is 13.8. The highest BCUT2D eigenvalue weighted by atomic mass is 32.2. The van der Waals surface area contributed by atoms with Crippen molar-refractivity contribution < 1.29 is 9.59 Å². The first-order valence-electron chi connectivity index (χ1n) is 8.06. The third-order valence-electron chi connectivity index (χ3n) is 4.21. The van der Waals surface area contributed by atoms with Crippen molar-refractivity contribution >= 4 is 34.6 Å². The number of amides is 2. The van der Waals surface area contributed by atoms with E-state index in [4.69, 9.17) is 0 Å². The van der Waals surface area contributed by atoms with E-state index in [1.54, 1.807) is 21.3 Å². The highest BCUT2D eigenvalue weighted by Gasteiger charge is 2.35. The van der Waals surface area contributed by atoms with E-state index < -0.39 is 6.04 Å². The molecule has 0 saturated carbocycles. The zero-order valence-corrected chi connectivity index (χ0v) is 14.6. The van der Waals surface area contributed by atoms with Gasteiger partial charge in [0.25, 0.3) is 0 Å². The second kappa shape index (κ2) is 7.21. The van der Waals surface area contributed by atoms with Crippen molar-refractivity contribution in [3.05, 3.63) is 24.3 Å². The Balaban J connectivity index is 1.70. The van der Waals surface area contributed by atoms with Gasteiger partial charge in [-0.3, -0.25) is 9.59 Å². The number of thioether (sulfide) groups is 1.